The first-order valence-electron chi connectivity index (χ1n) is 5.62. The van der Waals surface area contributed by atoms with E-state index >= 15 is 0 Å². The van der Waals surface area contributed by atoms with Gasteiger partial charge >= 0.3 is 0 Å². The van der Waals surface area contributed by atoms with Crippen molar-refractivity contribution in [2.45, 2.75) is 32.3 Å². The summed E-state index contributed by atoms with van der Waals surface area (Å²) < 4.78 is 0. The molecule has 2 N–H and O–H groups in total. The molecule has 0 saturated heterocycles. The number of halogens is 1. The molecule has 1 saturated carbocycles. The molecule has 0 atom stereocenters. The van der Waals surface area contributed by atoms with E-state index < -0.39 is 0 Å². The summed E-state index contributed by atoms with van der Waals surface area (Å²) in [4.78, 5) is 8.15. The van der Waals surface area contributed by atoms with Gasteiger partial charge in [0.2, 0.25) is 0 Å². The zero-order chi connectivity index (χ0) is 11.5. The molecule has 0 radical (unpaired) electrons. The van der Waals surface area contributed by atoms with Gasteiger partial charge in [0.25, 0.3) is 0 Å². The van der Waals surface area contributed by atoms with E-state index in [2.05, 4.69) is 15.3 Å². The van der Waals surface area contributed by atoms with Gasteiger partial charge in [-0.3, -0.25) is 0 Å². The Hall–Kier alpha value is -0.870. The van der Waals surface area contributed by atoms with Gasteiger partial charge in [-0.05, 0) is 25.2 Å². The van der Waals surface area contributed by atoms with Gasteiger partial charge in [-0.2, -0.15) is 0 Å². The minimum absolute atomic E-state index is 0.105. The first-order valence-corrected chi connectivity index (χ1v) is 5.99. The molecule has 1 aliphatic carbocycles. The van der Waals surface area contributed by atoms with E-state index in [-0.39, 0.29) is 6.10 Å². The molecular weight excluding hydrogens is 226 g/mol. The maximum Gasteiger partial charge on any atom is 0.137 e. The maximum atomic E-state index is 9.19. The van der Waals surface area contributed by atoms with Crippen LogP contribution in [0.3, 0.4) is 0 Å². The molecule has 5 heteroatoms. The van der Waals surface area contributed by atoms with Gasteiger partial charge in [-0.15, -0.1) is 0 Å². The molecule has 1 aliphatic rings. The highest BCUT2D eigenvalue weighted by molar-refractivity contribution is 6.30. The fraction of sp³-hybridized carbons (Fsp3) is 0.636. The monoisotopic (exact) mass is 241 g/mol. The summed E-state index contributed by atoms with van der Waals surface area (Å²) in [7, 11) is 0. The number of aliphatic hydroxyl groups excluding tert-OH is 1. The van der Waals surface area contributed by atoms with E-state index in [1.165, 1.54) is 6.33 Å². The summed E-state index contributed by atoms with van der Waals surface area (Å²) in [6.45, 7) is 2.88. The molecule has 2 rings (SSSR count). The Morgan fingerprint density at radius 2 is 2.25 bits per heavy atom. The zero-order valence-electron chi connectivity index (χ0n) is 9.28. The number of nitrogens with zero attached hydrogens (tertiary/aromatic N) is 2. The molecule has 1 aromatic heterocycles. The minimum atomic E-state index is -0.105. The number of anilines is 1. The van der Waals surface area contributed by atoms with Crippen molar-refractivity contribution in [2.24, 2.45) is 5.92 Å². The highest BCUT2D eigenvalue weighted by Gasteiger charge is 2.26. The van der Waals surface area contributed by atoms with Crippen LogP contribution in [-0.4, -0.2) is 27.7 Å². The second kappa shape index (κ2) is 4.97. The molecule has 0 aliphatic heterocycles. The molecule has 0 unspecified atom stereocenters. The van der Waals surface area contributed by atoms with Gasteiger partial charge in [0, 0.05) is 12.1 Å². The smallest absolute Gasteiger partial charge is 0.137 e. The van der Waals surface area contributed by atoms with Gasteiger partial charge < -0.3 is 10.4 Å². The largest absolute Gasteiger partial charge is 0.393 e. The Morgan fingerprint density at radius 3 is 2.88 bits per heavy atom. The number of aromatic nitrogens is 2. The van der Waals surface area contributed by atoms with Crippen molar-refractivity contribution in [2.75, 3.05) is 11.9 Å². The standard InChI is InChI=1S/C11H16ClN3O/c1-2-9-10(12)14-6-15-11(9)13-5-7-3-8(16)4-7/h6-8,16H,2-5H2,1H3,(H,13,14,15). The molecule has 1 aromatic rings. The van der Waals surface area contributed by atoms with Crippen molar-refractivity contribution in [1.29, 1.82) is 0 Å². The van der Waals surface area contributed by atoms with E-state index in [1.54, 1.807) is 0 Å². The normalized spacial score (nSPS) is 23.9. The summed E-state index contributed by atoms with van der Waals surface area (Å²) in [6.07, 6.45) is 3.95. The number of hydrogen-bond acceptors (Lipinski definition) is 4. The van der Waals surface area contributed by atoms with Crippen molar-refractivity contribution in [1.82, 2.24) is 9.97 Å². The summed E-state index contributed by atoms with van der Waals surface area (Å²) in [5.41, 5.74) is 0.962. The molecular formula is C11H16ClN3O. The van der Waals surface area contributed by atoms with Crippen LogP contribution in [0.2, 0.25) is 5.15 Å². The van der Waals surface area contributed by atoms with Gasteiger partial charge in [0.05, 0.1) is 6.10 Å². The third-order valence-electron chi connectivity index (χ3n) is 3.02. The molecule has 0 amide bonds. The third kappa shape index (κ3) is 2.44. The quantitative estimate of drug-likeness (QED) is 0.791. The lowest BCUT2D eigenvalue weighted by Crippen LogP contribution is -2.33. The number of nitrogens with one attached hydrogen (secondary N) is 1. The average molecular weight is 242 g/mol. The lowest BCUT2D eigenvalue weighted by atomic mass is 9.82. The third-order valence-corrected chi connectivity index (χ3v) is 3.34. The van der Waals surface area contributed by atoms with Crippen LogP contribution >= 0.6 is 11.6 Å². The van der Waals surface area contributed by atoms with Crippen LogP contribution in [0.1, 0.15) is 25.3 Å². The zero-order valence-corrected chi connectivity index (χ0v) is 10.0. The predicted molar refractivity (Wildman–Crippen MR) is 63.6 cm³/mol. The van der Waals surface area contributed by atoms with Gasteiger partial charge in [-0.1, -0.05) is 18.5 Å². The summed E-state index contributed by atoms with van der Waals surface area (Å²) in [6, 6.07) is 0. The molecule has 0 bridgehead atoms. The van der Waals surface area contributed by atoms with E-state index in [0.717, 1.165) is 37.2 Å². The Labute approximate surface area is 100 Å². The minimum Gasteiger partial charge on any atom is -0.393 e. The molecule has 16 heavy (non-hydrogen) atoms. The molecule has 88 valence electrons. The van der Waals surface area contributed by atoms with Crippen LogP contribution in [0.25, 0.3) is 0 Å². The maximum absolute atomic E-state index is 9.19. The summed E-state index contributed by atoms with van der Waals surface area (Å²) in [5, 5.41) is 13.0. The highest BCUT2D eigenvalue weighted by Crippen LogP contribution is 2.28. The van der Waals surface area contributed by atoms with Crippen molar-refractivity contribution in [3.8, 4) is 0 Å². The van der Waals surface area contributed by atoms with Crippen molar-refractivity contribution < 1.29 is 5.11 Å². The lowest BCUT2D eigenvalue weighted by Gasteiger charge is -2.31. The first-order chi connectivity index (χ1) is 7.70. The predicted octanol–water partition coefficient (Wildman–Crippen LogP) is 1.88. The molecule has 0 aromatic carbocycles. The highest BCUT2D eigenvalue weighted by atomic mass is 35.5. The van der Waals surface area contributed by atoms with Crippen molar-refractivity contribution >= 4 is 17.4 Å². The van der Waals surface area contributed by atoms with E-state index in [0.29, 0.717) is 11.1 Å². The van der Waals surface area contributed by atoms with E-state index in [4.69, 9.17) is 11.6 Å². The van der Waals surface area contributed by atoms with Gasteiger partial charge in [0.15, 0.2) is 0 Å². The van der Waals surface area contributed by atoms with Crippen LogP contribution in [0.15, 0.2) is 6.33 Å². The van der Waals surface area contributed by atoms with Crippen LogP contribution in [0.5, 0.6) is 0 Å². The lowest BCUT2D eigenvalue weighted by molar-refractivity contribution is 0.0486. The topological polar surface area (TPSA) is 58.0 Å². The Kier molecular flexibility index (Phi) is 3.61. The van der Waals surface area contributed by atoms with Gasteiger partial charge in [0.1, 0.15) is 17.3 Å². The van der Waals surface area contributed by atoms with Crippen LogP contribution in [0, 0.1) is 5.92 Å². The number of aliphatic hydroxyl groups is 1. The molecule has 0 spiro atoms. The van der Waals surface area contributed by atoms with Crippen LogP contribution in [0.4, 0.5) is 5.82 Å². The average Bonchev–Trinajstić information content (AvgIpc) is 2.23. The SMILES string of the molecule is CCc1c(Cl)ncnc1NCC1CC(O)C1. The van der Waals surface area contributed by atoms with Crippen molar-refractivity contribution in [3.63, 3.8) is 0 Å². The number of rotatable bonds is 4. The van der Waals surface area contributed by atoms with Gasteiger partial charge in [-0.25, -0.2) is 9.97 Å². The van der Waals surface area contributed by atoms with Crippen molar-refractivity contribution in [3.05, 3.63) is 17.0 Å². The molecule has 1 fully saturated rings. The number of hydrogen-bond donors (Lipinski definition) is 2. The van der Waals surface area contributed by atoms with Crippen LogP contribution in [-0.2, 0) is 6.42 Å². The Morgan fingerprint density at radius 1 is 1.50 bits per heavy atom. The summed E-state index contributed by atoms with van der Waals surface area (Å²) >= 11 is 5.98. The fourth-order valence-electron chi connectivity index (χ4n) is 1.96. The fourth-order valence-corrected chi connectivity index (χ4v) is 2.23. The summed E-state index contributed by atoms with van der Waals surface area (Å²) in [5.74, 6) is 1.37. The van der Waals surface area contributed by atoms with E-state index in [9.17, 15) is 5.11 Å². The van der Waals surface area contributed by atoms with Crippen LogP contribution < -0.4 is 5.32 Å². The van der Waals surface area contributed by atoms with E-state index in [1.807, 2.05) is 6.92 Å². The Bertz CT molecular complexity index is 366. The second-order valence-electron chi connectivity index (χ2n) is 4.22. The molecule has 4 nitrogen and oxygen atoms in total. The second-order valence-corrected chi connectivity index (χ2v) is 4.58. The Balaban J connectivity index is 1.95. The molecule has 1 heterocycles. The first kappa shape index (κ1) is 11.6.